The van der Waals surface area contributed by atoms with Crippen molar-refractivity contribution in [3.05, 3.63) is 29.8 Å². The van der Waals surface area contributed by atoms with Gasteiger partial charge in [-0.15, -0.1) is 12.4 Å². The topological polar surface area (TPSA) is 84.2 Å². The number of carbonyl (C=O) groups excluding carboxylic acids is 2. The van der Waals surface area contributed by atoms with Gasteiger partial charge in [-0.25, -0.2) is 0 Å². The average Bonchev–Trinajstić information content (AvgIpc) is 2.51. The maximum atomic E-state index is 11.8. The van der Waals surface area contributed by atoms with Gasteiger partial charge in [-0.1, -0.05) is 26.0 Å². The van der Waals surface area contributed by atoms with Crippen molar-refractivity contribution >= 4 is 41.7 Å². The predicted octanol–water partition coefficient (Wildman–Crippen LogP) is 2.40. The van der Waals surface area contributed by atoms with Crippen molar-refractivity contribution in [1.82, 2.24) is 5.32 Å². The minimum Gasteiger partial charge on any atom is -0.351 e. The van der Waals surface area contributed by atoms with Crippen molar-refractivity contribution < 1.29 is 9.59 Å². The molecule has 0 heterocycles. The number of halogens is 1. The third-order valence-electron chi connectivity index (χ3n) is 3.18. The molecule has 0 aliphatic carbocycles. The Morgan fingerprint density at radius 2 is 1.78 bits per heavy atom. The minimum absolute atomic E-state index is 0. The van der Waals surface area contributed by atoms with E-state index in [0.29, 0.717) is 13.0 Å². The first-order chi connectivity index (χ1) is 10.4. The summed E-state index contributed by atoms with van der Waals surface area (Å²) in [5, 5.41) is 5.65. The molecule has 0 spiro atoms. The summed E-state index contributed by atoms with van der Waals surface area (Å²) in [5.74, 6) is 0.674. The first-order valence-corrected chi connectivity index (χ1v) is 8.75. The quantitative estimate of drug-likeness (QED) is 0.665. The number of rotatable bonds is 8. The standard InChI is InChI=1S/C16H25N3O2S.ClH/c1-11(2)15(20)19-13-6-4-12(5-7-13)10-18-16(21)14(17)8-9-22-3;/h4-7,11,14H,8-10,17H2,1-3H3,(H,18,21)(H,19,20);1H/t14-;/m0./s1. The molecule has 0 saturated carbocycles. The van der Waals surface area contributed by atoms with Crippen LogP contribution < -0.4 is 16.4 Å². The van der Waals surface area contributed by atoms with Crippen LogP contribution in [0.15, 0.2) is 24.3 Å². The number of nitrogens with two attached hydrogens (primary N) is 1. The summed E-state index contributed by atoms with van der Waals surface area (Å²) in [5.41, 5.74) is 7.52. The molecule has 0 radical (unpaired) electrons. The van der Waals surface area contributed by atoms with Gasteiger partial charge in [0, 0.05) is 18.2 Å². The van der Waals surface area contributed by atoms with Crippen molar-refractivity contribution in [1.29, 1.82) is 0 Å². The summed E-state index contributed by atoms with van der Waals surface area (Å²) in [4.78, 5) is 23.4. The summed E-state index contributed by atoms with van der Waals surface area (Å²) >= 11 is 1.68. The third-order valence-corrected chi connectivity index (χ3v) is 3.83. The van der Waals surface area contributed by atoms with E-state index in [1.165, 1.54) is 0 Å². The molecule has 0 unspecified atom stereocenters. The van der Waals surface area contributed by atoms with Gasteiger partial charge in [-0.05, 0) is 36.1 Å². The zero-order valence-electron chi connectivity index (χ0n) is 13.8. The molecule has 0 saturated heterocycles. The lowest BCUT2D eigenvalue weighted by atomic mass is 10.1. The zero-order chi connectivity index (χ0) is 16.5. The molecule has 1 aromatic rings. The van der Waals surface area contributed by atoms with E-state index in [1.54, 1.807) is 11.8 Å². The maximum Gasteiger partial charge on any atom is 0.237 e. The highest BCUT2D eigenvalue weighted by atomic mass is 35.5. The molecule has 7 heteroatoms. The summed E-state index contributed by atoms with van der Waals surface area (Å²) in [6.45, 7) is 4.13. The van der Waals surface area contributed by atoms with Gasteiger partial charge in [0.05, 0.1) is 6.04 Å². The molecule has 1 atom stereocenters. The number of amides is 2. The molecule has 0 bridgehead atoms. The number of benzene rings is 1. The van der Waals surface area contributed by atoms with E-state index in [-0.39, 0.29) is 30.1 Å². The summed E-state index contributed by atoms with van der Waals surface area (Å²) < 4.78 is 0. The van der Waals surface area contributed by atoms with Gasteiger partial charge in [-0.2, -0.15) is 11.8 Å². The number of hydrogen-bond donors (Lipinski definition) is 3. The number of carbonyl (C=O) groups is 2. The number of hydrogen-bond acceptors (Lipinski definition) is 4. The van der Waals surface area contributed by atoms with Crippen LogP contribution in [-0.2, 0) is 16.1 Å². The molecule has 0 aromatic heterocycles. The average molecular weight is 360 g/mol. The molecule has 0 aliphatic rings. The molecular weight excluding hydrogens is 334 g/mol. The number of anilines is 1. The zero-order valence-corrected chi connectivity index (χ0v) is 15.4. The largest absolute Gasteiger partial charge is 0.351 e. The predicted molar refractivity (Wildman–Crippen MR) is 100.0 cm³/mol. The maximum absolute atomic E-state index is 11.8. The summed E-state index contributed by atoms with van der Waals surface area (Å²) in [6.07, 6.45) is 2.66. The Kier molecular flexibility index (Phi) is 10.7. The van der Waals surface area contributed by atoms with E-state index >= 15 is 0 Å². The highest BCUT2D eigenvalue weighted by Gasteiger charge is 2.12. The van der Waals surface area contributed by atoms with Crippen LogP contribution in [0.5, 0.6) is 0 Å². The lowest BCUT2D eigenvalue weighted by Crippen LogP contribution is -2.40. The molecule has 23 heavy (non-hydrogen) atoms. The van der Waals surface area contributed by atoms with Gasteiger partial charge in [0.1, 0.15) is 0 Å². The fourth-order valence-electron chi connectivity index (χ4n) is 1.69. The van der Waals surface area contributed by atoms with Crippen LogP contribution in [0.25, 0.3) is 0 Å². The number of thioether (sulfide) groups is 1. The molecule has 130 valence electrons. The number of nitrogens with one attached hydrogen (secondary N) is 2. The monoisotopic (exact) mass is 359 g/mol. The second-order valence-electron chi connectivity index (χ2n) is 5.45. The van der Waals surface area contributed by atoms with Crippen molar-refractivity contribution in [2.75, 3.05) is 17.3 Å². The Morgan fingerprint density at radius 3 is 2.30 bits per heavy atom. The van der Waals surface area contributed by atoms with Gasteiger partial charge in [-0.3, -0.25) is 9.59 Å². The Balaban J connectivity index is 0.00000484. The summed E-state index contributed by atoms with van der Waals surface area (Å²) in [7, 11) is 0. The summed E-state index contributed by atoms with van der Waals surface area (Å²) in [6, 6.07) is 6.95. The van der Waals surface area contributed by atoms with Gasteiger partial charge >= 0.3 is 0 Å². The van der Waals surface area contributed by atoms with E-state index in [1.807, 2.05) is 44.4 Å². The smallest absolute Gasteiger partial charge is 0.237 e. The Bertz CT molecular complexity index is 495. The second-order valence-corrected chi connectivity index (χ2v) is 6.43. The minimum atomic E-state index is -0.461. The molecule has 2 amide bonds. The van der Waals surface area contributed by atoms with Crippen LogP contribution in [0, 0.1) is 5.92 Å². The Morgan fingerprint density at radius 1 is 1.17 bits per heavy atom. The van der Waals surface area contributed by atoms with Crippen molar-refractivity contribution in [3.63, 3.8) is 0 Å². The van der Waals surface area contributed by atoms with E-state index < -0.39 is 6.04 Å². The SMILES string of the molecule is CSCC[C@H](N)C(=O)NCc1ccc(NC(=O)C(C)C)cc1.Cl. The first-order valence-electron chi connectivity index (χ1n) is 7.36. The first kappa shape index (κ1) is 21.8. The van der Waals surface area contributed by atoms with Crippen molar-refractivity contribution in [3.8, 4) is 0 Å². The lowest BCUT2D eigenvalue weighted by molar-refractivity contribution is -0.122. The van der Waals surface area contributed by atoms with Gasteiger partial charge in [0.25, 0.3) is 0 Å². The Hall–Kier alpha value is -1.24. The van der Waals surface area contributed by atoms with Crippen LogP contribution in [0.4, 0.5) is 5.69 Å². The molecule has 0 aliphatic heterocycles. The second kappa shape index (κ2) is 11.3. The van der Waals surface area contributed by atoms with Crippen LogP contribution >= 0.6 is 24.2 Å². The molecule has 1 rings (SSSR count). The van der Waals surface area contributed by atoms with E-state index in [0.717, 1.165) is 17.0 Å². The van der Waals surface area contributed by atoms with Gasteiger partial charge < -0.3 is 16.4 Å². The molecule has 1 aromatic carbocycles. The van der Waals surface area contributed by atoms with Gasteiger partial charge in [0.15, 0.2) is 0 Å². The fourth-order valence-corrected chi connectivity index (χ4v) is 2.18. The highest BCUT2D eigenvalue weighted by molar-refractivity contribution is 7.98. The van der Waals surface area contributed by atoms with Gasteiger partial charge in [0.2, 0.25) is 11.8 Å². The van der Waals surface area contributed by atoms with Crippen molar-refractivity contribution in [2.24, 2.45) is 11.7 Å². The lowest BCUT2D eigenvalue weighted by Gasteiger charge is -2.12. The van der Waals surface area contributed by atoms with Crippen LogP contribution in [0.3, 0.4) is 0 Å². The third kappa shape index (κ3) is 8.25. The van der Waals surface area contributed by atoms with Crippen LogP contribution in [0.1, 0.15) is 25.8 Å². The van der Waals surface area contributed by atoms with Crippen LogP contribution in [0.2, 0.25) is 0 Å². The van der Waals surface area contributed by atoms with E-state index in [2.05, 4.69) is 10.6 Å². The molecule has 0 fully saturated rings. The Labute approximate surface area is 148 Å². The fraction of sp³-hybridized carbons (Fsp3) is 0.500. The van der Waals surface area contributed by atoms with Crippen molar-refractivity contribution in [2.45, 2.75) is 32.9 Å². The highest BCUT2D eigenvalue weighted by Crippen LogP contribution is 2.11. The normalized spacial score (nSPS) is 11.5. The van der Waals surface area contributed by atoms with E-state index in [9.17, 15) is 9.59 Å². The van der Waals surface area contributed by atoms with Crippen LogP contribution in [-0.4, -0.2) is 29.9 Å². The molecular formula is C16H26ClN3O2S. The molecule has 4 N–H and O–H groups in total. The molecule has 5 nitrogen and oxygen atoms in total. The van der Waals surface area contributed by atoms with E-state index in [4.69, 9.17) is 5.73 Å².